The Morgan fingerprint density at radius 2 is 1.94 bits per heavy atom. The Hall–Kier alpha value is -0.120. The fourth-order valence-electron chi connectivity index (χ4n) is 4.18. The number of nitrogens with zero attached hydrogens (tertiary/aromatic N) is 1. The summed E-state index contributed by atoms with van der Waals surface area (Å²) in [6.07, 6.45) is 6.86. The van der Waals surface area contributed by atoms with Gasteiger partial charge in [0.05, 0.1) is 6.61 Å². The van der Waals surface area contributed by atoms with E-state index in [1.807, 2.05) is 0 Å². The summed E-state index contributed by atoms with van der Waals surface area (Å²) in [6.45, 7) is 8.18. The van der Waals surface area contributed by atoms with Gasteiger partial charge in [-0.2, -0.15) is 0 Å². The van der Waals surface area contributed by atoms with Crippen molar-refractivity contribution in [1.29, 1.82) is 0 Å². The summed E-state index contributed by atoms with van der Waals surface area (Å²) in [7, 11) is 0. The minimum atomic E-state index is 0.722. The molecule has 0 amide bonds. The summed E-state index contributed by atoms with van der Waals surface area (Å²) >= 11 is 0. The van der Waals surface area contributed by atoms with E-state index in [4.69, 9.17) is 4.74 Å². The fraction of sp³-hybridized carbons (Fsp3) is 1.00. The first-order chi connectivity index (χ1) is 8.84. The lowest BCUT2D eigenvalue weighted by atomic mass is 9.86. The van der Waals surface area contributed by atoms with E-state index in [2.05, 4.69) is 17.1 Å². The van der Waals surface area contributed by atoms with E-state index in [1.165, 1.54) is 51.7 Å². The molecule has 104 valence electrons. The molecule has 3 rings (SSSR count). The maximum atomic E-state index is 5.57. The van der Waals surface area contributed by atoms with E-state index in [0.717, 1.165) is 37.1 Å². The van der Waals surface area contributed by atoms with Crippen molar-refractivity contribution in [3.63, 3.8) is 0 Å². The molecule has 3 fully saturated rings. The SMILES string of the molecule is CC1COCCC1N1CCC(C2CCCN2)CC1. The molecule has 3 heterocycles. The Morgan fingerprint density at radius 3 is 2.61 bits per heavy atom. The number of nitrogens with one attached hydrogen (secondary N) is 1. The van der Waals surface area contributed by atoms with Crippen LogP contribution in [0.5, 0.6) is 0 Å². The van der Waals surface area contributed by atoms with Gasteiger partial charge in [0.25, 0.3) is 0 Å². The highest BCUT2D eigenvalue weighted by Gasteiger charge is 2.33. The van der Waals surface area contributed by atoms with E-state index in [-0.39, 0.29) is 0 Å². The van der Waals surface area contributed by atoms with Crippen LogP contribution in [0.25, 0.3) is 0 Å². The van der Waals surface area contributed by atoms with Crippen molar-refractivity contribution in [1.82, 2.24) is 10.2 Å². The summed E-state index contributed by atoms with van der Waals surface area (Å²) in [6, 6.07) is 1.62. The maximum absolute atomic E-state index is 5.57. The molecule has 0 bridgehead atoms. The van der Waals surface area contributed by atoms with Gasteiger partial charge >= 0.3 is 0 Å². The quantitative estimate of drug-likeness (QED) is 0.812. The van der Waals surface area contributed by atoms with Crippen LogP contribution in [0.3, 0.4) is 0 Å². The Balaban J connectivity index is 1.49. The van der Waals surface area contributed by atoms with Crippen LogP contribution >= 0.6 is 0 Å². The van der Waals surface area contributed by atoms with Crippen molar-refractivity contribution in [3.8, 4) is 0 Å². The molecule has 0 aromatic heterocycles. The van der Waals surface area contributed by atoms with Crippen LogP contribution in [-0.2, 0) is 4.74 Å². The highest BCUT2D eigenvalue weighted by molar-refractivity contribution is 4.89. The normalized spacial score (nSPS) is 40.2. The molecule has 0 saturated carbocycles. The molecule has 1 N–H and O–H groups in total. The number of rotatable bonds is 2. The molecule has 0 aliphatic carbocycles. The van der Waals surface area contributed by atoms with Gasteiger partial charge in [-0.1, -0.05) is 6.92 Å². The third-order valence-corrected chi connectivity index (χ3v) is 5.31. The molecule has 18 heavy (non-hydrogen) atoms. The maximum Gasteiger partial charge on any atom is 0.0506 e. The van der Waals surface area contributed by atoms with Gasteiger partial charge in [-0.15, -0.1) is 0 Å². The Bertz CT molecular complexity index is 257. The van der Waals surface area contributed by atoms with Crippen molar-refractivity contribution in [3.05, 3.63) is 0 Å². The molecular weight excluding hydrogens is 224 g/mol. The summed E-state index contributed by atoms with van der Waals surface area (Å²) in [5.74, 6) is 1.67. The second kappa shape index (κ2) is 5.89. The van der Waals surface area contributed by atoms with Crippen molar-refractivity contribution in [2.45, 2.75) is 51.1 Å². The van der Waals surface area contributed by atoms with Crippen LogP contribution in [0.4, 0.5) is 0 Å². The van der Waals surface area contributed by atoms with Gasteiger partial charge in [0, 0.05) is 18.7 Å². The third-order valence-electron chi connectivity index (χ3n) is 5.31. The van der Waals surface area contributed by atoms with Crippen LogP contribution in [0.2, 0.25) is 0 Å². The molecule has 3 aliphatic heterocycles. The number of ether oxygens (including phenoxy) is 1. The van der Waals surface area contributed by atoms with Gasteiger partial charge in [-0.05, 0) is 63.6 Å². The van der Waals surface area contributed by atoms with Gasteiger partial charge in [0.1, 0.15) is 0 Å². The van der Waals surface area contributed by atoms with E-state index < -0.39 is 0 Å². The lowest BCUT2D eigenvalue weighted by molar-refractivity contribution is -0.0179. The molecule has 0 aromatic carbocycles. The molecule has 3 aliphatic rings. The first-order valence-electron chi connectivity index (χ1n) is 7.90. The Morgan fingerprint density at radius 1 is 1.11 bits per heavy atom. The van der Waals surface area contributed by atoms with Crippen LogP contribution in [0.1, 0.15) is 39.0 Å². The predicted molar refractivity (Wildman–Crippen MR) is 73.7 cm³/mol. The van der Waals surface area contributed by atoms with Gasteiger partial charge in [0.15, 0.2) is 0 Å². The molecule has 3 saturated heterocycles. The average molecular weight is 252 g/mol. The van der Waals surface area contributed by atoms with Crippen LogP contribution < -0.4 is 5.32 Å². The minimum Gasteiger partial charge on any atom is -0.381 e. The second-order valence-corrected chi connectivity index (χ2v) is 6.48. The van der Waals surface area contributed by atoms with Crippen molar-refractivity contribution in [2.24, 2.45) is 11.8 Å². The number of hydrogen-bond donors (Lipinski definition) is 1. The standard InChI is InChI=1S/C15H28N2O/c1-12-11-18-10-6-15(12)17-8-4-13(5-9-17)14-3-2-7-16-14/h12-16H,2-11H2,1H3. The molecule has 3 heteroatoms. The molecule has 3 unspecified atom stereocenters. The largest absolute Gasteiger partial charge is 0.381 e. The van der Waals surface area contributed by atoms with Crippen molar-refractivity contribution < 1.29 is 4.74 Å². The number of piperidine rings is 1. The van der Waals surface area contributed by atoms with E-state index in [1.54, 1.807) is 0 Å². The first-order valence-corrected chi connectivity index (χ1v) is 7.90. The van der Waals surface area contributed by atoms with E-state index in [0.29, 0.717) is 0 Å². The smallest absolute Gasteiger partial charge is 0.0506 e. The molecule has 3 nitrogen and oxygen atoms in total. The lowest BCUT2D eigenvalue weighted by Gasteiger charge is -2.43. The first kappa shape index (κ1) is 12.9. The summed E-state index contributed by atoms with van der Waals surface area (Å²) < 4.78 is 5.57. The monoisotopic (exact) mass is 252 g/mol. The highest BCUT2D eigenvalue weighted by Crippen LogP contribution is 2.29. The van der Waals surface area contributed by atoms with Gasteiger partial charge < -0.3 is 10.1 Å². The van der Waals surface area contributed by atoms with Crippen molar-refractivity contribution in [2.75, 3.05) is 32.8 Å². The zero-order valence-electron chi connectivity index (χ0n) is 11.7. The van der Waals surface area contributed by atoms with Gasteiger partial charge in [-0.25, -0.2) is 0 Å². The van der Waals surface area contributed by atoms with Crippen LogP contribution in [0.15, 0.2) is 0 Å². The molecule has 0 aromatic rings. The third kappa shape index (κ3) is 2.73. The molecule has 0 spiro atoms. The summed E-state index contributed by atoms with van der Waals surface area (Å²) in [4.78, 5) is 2.75. The lowest BCUT2D eigenvalue weighted by Crippen LogP contribution is -2.49. The Labute approximate surface area is 111 Å². The topological polar surface area (TPSA) is 24.5 Å². The molecular formula is C15H28N2O. The molecule has 0 radical (unpaired) electrons. The predicted octanol–water partition coefficient (Wildman–Crippen LogP) is 1.88. The van der Waals surface area contributed by atoms with Crippen LogP contribution in [0, 0.1) is 11.8 Å². The zero-order valence-corrected chi connectivity index (χ0v) is 11.7. The summed E-state index contributed by atoms with van der Waals surface area (Å²) in [5.41, 5.74) is 0. The summed E-state index contributed by atoms with van der Waals surface area (Å²) in [5, 5.41) is 3.69. The average Bonchev–Trinajstić information content (AvgIpc) is 2.94. The zero-order chi connectivity index (χ0) is 12.4. The second-order valence-electron chi connectivity index (χ2n) is 6.48. The van der Waals surface area contributed by atoms with Crippen molar-refractivity contribution >= 4 is 0 Å². The van der Waals surface area contributed by atoms with Gasteiger partial charge in [-0.3, -0.25) is 4.90 Å². The number of likely N-dealkylation sites (tertiary alicyclic amines) is 1. The Kier molecular flexibility index (Phi) is 4.22. The fourth-order valence-corrected chi connectivity index (χ4v) is 4.18. The van der Waals surface area contributed by atoms with Gasteiger partial charge in [0.2, 0.25) is 0 Å². The molecule has 3 atom stereocenters. The van der Waals surface area contributed by atoms with Crippen LogP contribution in [-0.4, -0.2) is 49.8 Å². The van der Waals surface area contributed by atoms with E-state index >= 15 is 0 Å². The van der Waals surface area contributed by atoms with E-state index in [9.17, 15) is 0 Å². The highest BCUT2D eigenvalue weighted by atomic mass is 16.5. The number of hydrogen-bond acceptors (Lipinski definition) is 3. The minimum absolute atomic E-state index is 0.722.